The molecule has 2 heterocycles. The minimum absolute atomic E-state index is 0.0328. The molecule has 0 radical (unpaired) electrons. The zero-order valence-corrected chi connectivity index (χ0v) is 20.8. The van der Waals surface area contributed by atoms with Crippen LogP contribution in [0.15, 0.2) is 52.7 Å². The van der Waals surface area contributed by atoms with Crippen molar-refractivity contribution in [3.05, 3.63) is 65.2 Å². The summed E-state index contributed by atoms with van der Waals surface area (Å²) in [7, 11) is 1.31. The number of likely N-dealkylation sites (tertiary alicyclic amines) is 1. The van der Waals surface area contributed by atoms with Gasteiger partial charge in [0.25, 0.3) is 5.91 Å². The minimum Gasteiger partial charge on any atom is -0.494 e. The topological polar surface area (TPSA) is 79.2 Å². The van der Waals surface area contributed by atoms with Crippen molar-refractivity contribution in [2.45, 2.75) is 38.9 Å². The first-order chi connectivity index (χ1) is 17.6. The maximum atomic E-state index is 15.5. The summed E-state index contributed by atoms with van der Waals surface area (Å²) in [6, 6.07) is 4.71. The molecule has 198 valence electrons. The Hall–Kier alpha value is -3.76. The third-order valence-electron chi connectivity index (χ3n) is 6.24. The van der Waals surface area contributed by atoms with E-state index >= 15 is 4.39 Å². The van der Waals surface area contributed by atoms with Crippen molar-refractivity contribution in [2.24, 2.45) is 15.9 Å². The maximum absolute atomic E-state index is 15.5. The quantitative estimate of drug-likeness (QED) is 0.294. The highest BCUT2D eigenvalue weighted by Gasteiger charge is 2.36. The Morgan fingerprint density at radius 3 is 2.68 bits per heavy atom. The Morgan fingerprint density at radius 2 is 2.08 bits per heavy atom. The molecule has 0 spiro atoms. The van der Waals surface area contributed by atoms with E-state index in [1.807, 2.05) is 6.92 Å². The number of amides is 1. The predicted molar refractivity (Wildman–Crippen MR) is 135 cm³/mol. The van der Waals surface area contributed by atoms with Crippen LogP contribution in [0.2, 0.25) is 0 Å². The number of hydrogen-bond acceptors (Lipinski definition) is 5. The maximum Gasteiger partial charge on any atom is 0.417 e. The van der Waals surface area contributed by atoms with Gasteiger partial charge in [-0.2, -0.15) is 13.2 Å². The Kier molecular flexibility index (Phi) is 9.01. The number of alkyl halides is 3. The smallest absolute Gasteiger partial charge is 0.417 e. The molecular weight excluding hydrogens is 490 g/mol. The molecule has 2 aromatic rings. The van der Waals surface area contributed by atoms with Crippen molar-refractivity contribution in [1.82, 2.24) is 9.88 Å². The van der Waals surface area contributed by atoms with Crippen molar-refractivity contribution in [1.29, 1.82) is 0 Å². The third-order valence-corrected chi connectivity index (χ3v) is 6.24. The van der Waals surface area contributed by atoms with Crippen molar-refractivity contribution in [3.63, 3.8) is 0 Å². The number of aromatic nitrogens is 1. The number of methoxy groups -OCH3 is 1. The average Bonchev–Trinajstić information content (AvgIpc) is 2.87. The number of pyridine rings is 1. The Morgan fingerprint density at radius 1 is 1.32 bits per heavy atom. The molecule has 2 atom stereocenters. The lowest BCUT2D eigenvalue weighted by Crippen LogP contribution is -2.51. The number of carbonyl (C=O) groups excluding carboxylic acids is 1. The summed E-state index contributed by atoms with van der Waals surface area (Å²) in [5.41, 5.74) is -0.916. The fourth-order valence-electron chi connectivity index (χ4n) is 4.28. The van der Waals surface area contributed by atoms with Crippen molar-refractivity contribution < 1.29 is 27.1 Å². The zero-order chi connectivity index (χ0) is 27.2. The van der Waals surface area contributed by atoms with E-state index < -0.39 is 23.5 Å². The molecule has 11 heteroatoms. The SMILES string of the molecule is C=NC(=NC=CC)c1ccc(OC)c(F)c1C(=O)N1CCCC(C)C1CNc1ccc(C(F)(F)F)cn1. The molecule has 3 rings (SSSR count). The Labute approximate surface area is 213 Å². The third kappa shape index (κ3) is 6.33. The van der Waals surface area contributed by atoms with Crippen molar-refractivity contribution in [3.8, 4) is 5.75 Å². The average molecular weight is 520 g/mol. The van der Waals surface area contributed by atoms with E-state index in [-0.39, 0.29) is 47.0 Å². The van der Waals surface area contributed by atoms with Gasteiger partial charge in [0.1, 0.15) is 5.82 Å². The molecule has 1 amide bonds. The van der Waals surface area contributed by atoms with Crippen molar-refractivity contribution >= 4 is 24.3 Å². The Balaban J connectivity index is 1.94. The lowest BCUT2D eigenvalue weighted by atomic mass is 9.89. The monoisotopic (exact) mass is 519 g/mol. The number of anilines is 1. The number of nitrogens with one attached hydrogen (secondary N) is 1. The summed E-state index contributed by atoms with van der Waals surface area (Å²) >= 11 is 0. The second kappa shape index (κ2) is 12.0. The van der Waals surface area contributed by atoms with Gasteiger partial charge in [0.15, 0.2) is 17.4 Å². The van der Waals surface area contributed by atoms with Gasteiger partial charge in [0, 0.05) is 31.0 Å². The van der Waals surface area contributed by atoms with Crippen LogP contribution in [0, 0.1) is 11.7 Å². The highest BCUT2D eigenvalue weighted by molar-refractivity contribution is 6.11. The number of nitrogens with zero attached hydrogens (tertiary/aromatic N) is 4. The molecule has 1 aliphatic rings. The van der Waals surface area contributed by atoms with Gasteiger partial charge in [-0.25, -0.2) is 19.4 Å². The summed E-state index contributed by atoms with van der Waals surface area (Å²) in [6.07, 6.45) is 0.930. The summed E-state index contributed by atoms with van der Waals surface area (Å²) in [4.78, 5) is 27.3. The summed E-state index contributed by atoms with van der Waals surface area (Å²) in [6.45, 7) is 7.81. The first kappa shape index (κ1) is 27.8. The molecule has 1 aromatic carbocycles. The zero-order valence-electron chi connectivity index (χ0n) is 20.8. The van der Waals surface area contributed by atoms with Gasteiger partial charge in [-0.3, -0.25) is 4.79 Å². The highest BCUT2D eigenvalue weighted by atomic mass is 19.4. The van der Waals surface area contributed by atoms with Gasteiger partial charge < -0.3 is 15.0 Å². The van der Waals surface area contributed by atoms with Gasteiger partial charge in [0.05, 0.1) is 24.3 Å². The number of amidine groups is 1. The number of benzene rings is 1. The molecule has 1 saturated heterocycles. The summed E-state index contributed by atoms with van der Waals surface area (Å²) in [5.74, 6) is -1.15. The largest absolute Gasteiger partial charge is 0.494 e. The molecule has 0 aliphatic carbocycles. The van der Waals surface area contributed by atoms with Crippen LogP contribution in [-0.4, -0.2) is 54.6 Å². The van der Waals surface area contributed by atoms with Crippen LogP contribution in [-0.2, 0) is 6.18 Å². The van der Waals surface area contributed by atoms with E-state index in [0.717, 1.165) is 18.7 Å². The van der Waals surface area contributed by atoms with Crippen LogP contribution in [0.3, 0.4) is 0 Å². The lowest BCUT2D eigenvalue weighted by molar-refractivity contribution is -0.137. The molecule has 0 saturated carbocycles. The van der Waals surface area contributed by atoms with Gasteiger partial charge >= 0.3 is 6.18 Å². The molecule has 7 nitrogen and oxygen atoms in total. The molecule has 1 aliphatic heterocycles. The van der Waals surface area contributed by atoms with Crippen LogP contribution in [0.25, 0.3) is 0 Å². The Bertz CT molecular complexity index is 1180. The van der Waals surface area contributed by atoms with Crippen LogP contribution in [0.4, 0.5) is 23.4 Å². The van der Waals surface area contributed by atoms with Crippen molar-refractivity contribution in [2.75, 3.05) is 25.5 Å². The van der Waals surface area contributed by atoms with Crippen LogP contribution < -0.4 is 10.1 Å². The number of allylic oxidation sites excluding steroid dienone is 1. The number of ether oxygens (including phenoxy) is 1. The highest BCUT2D eigenvalue weighted by Crippen LogP contribution is 2.31. The van der Waals surface area contributed by atoms with Gasteiger partial charge in [-0.1, -0.05) is 13.0 Å². The van der Waals surface area contributed by atoms with E-state index in [2.05, 4.69) is 27.0 Å². The standard InChI is InChI=1S/C26H29F4N5O2/c1-5-12-32-24(31-3)18-9-10-20(37-4)23(27)22(18)25(36)35-13-6-7-16(2)19(35)15-34-21-11-8-17(14-33-21)26(28,29)30/h5,8-12,14,16,19H,3,6-7,13,15H2,1-2,4H3,(H,33,34). The van der Waals surface area contributed by atoms with E-state index in [0.29, 0.717) is 13.0 Å². The lowest BCUT2D eigenvalue weighted by Gasteiger charge is -2.40. The summed E-state index contributed by atoms with van der Waals surface area (Å²) in [5, 5.41) is 3.02. The first-order valence-corrected chi connectivity index (χ1v) is 11.7. The molecule has 2 unspecified atom stereocenters. The molecule has 1 fully saturated rings. The van der Waals surface area contributed by atoms with E-state index in [1.165, 1.54) is 31.5 Å². The fourth-order valence-corrected chi connectivity index (χ4v) is 4.28. The number of carbonyl (C=O) groups is 1. The predicted octanol–water partition coefficient (Wildman–Crippen LogP) is 5.58. The molecule has 1 aromatic heterocycles. The number of aliphatic imine (C=N–C) groups is 2. The second-order valence-corrected chi connectivity index (χ2v) is 8.59. The van der Waals surface area contributed by atoms with Crippen LogP contribution >= 0.6 is 0 Å². The minimum atomic E-state index is -4.49. The first-order valence-electron chi connectivity index (χ1n) is 11.7. The second-order valence-electron chi connectivity index (χ2n) is 8.59. The number of hydrogen-bond donors (Lipinski definition) is 1. The van der Waals surface area contributed by atoms with E-state index in [9.17, 15) is 18.0 Å². The van der Waals surface area contributed by atoms with Crippen LogP contribution in [0.1, 0.15) is 48.2 Å². The van der Waals surface area contributed by atoms with E-state index in [4.69, 9.17) is 4.74 Å². The molecule has 0 bridgehead atoms. The molecule has 1 N–H and O–H groups in total. The number of piperidine rings is 1. The van der Waals surface area contributed by atoms with E-state index in [1.54, 1.807) is 17.9 Å². The van der Waals surface area contributed by atoms with Gasteiger partial charge in [-0.05, 0) is 56.7 Å². The number of halogens is 4. The number of rotatable bonds is 7. The molecule has 37 heavy (non-hydrogen) atoms. The fraction of sp³-hybridized carbons (Fsp3) is 0.385. The molecular formula is C26H29F4N5O2. The van der Waals surface area contributed by atoms with Crippen LogP contribution in [0.5, 0.6) is 5.75 Å². The van der Waals surface area contributed by atoms with Gasteiger partial charge in [0.2, 0.25) is 0 Å². The normalized spacial score (nSPS) is 18.7. The van der Waals surface area contributed by atoms with Gasteiger partial charge in [-0.15, -0.1) is 0 Å². The summed E-state index contributed by atoms with van der Waals surface area (Å²) < 4.78 is 59.2.